The average Bonchev–Trinajstić information content (AvgIpc) is 3.05. The molecule has 0 saturated carbocycles. The first-order valence-corrected chi connectivity index (χ1v) is 8.36. The number of fused-ring (bicyclic) bond motifs is 1. The molecule has 1 aromatic heterocycles. The number of aromatic hydroxyl groups is 1. The van der Waals surface area contributed by atoms with Crippen molar-refractivity contribution in [3.05, 3.63) is 60.8 Å². The molecule has 1 atom stereocenters. The van der Waals surface area contributed by atoms with Crippen molar-refractivity contribution in [2.75, 3.05) is 16.8 Å². The van der Waals surface area contributed by atoms with E-state index in [0.29, 0.717) is 6.54 Å². The second-order valence-corrected chi connectivity index (χ2v) is 6.26. The number of anilines is 2. The lowest BCUT2D eigenvalue weighted by atomic mass is 10.1. The van der Waals surface area contributed by atoms with Gasteiger partial charge in [-0.1, -0.05) is 36.4 Å². The van der Waals surface area contributed by atoms with Gasteiger partial charge in [0, 0.05) is 24.5 Å². The Labute approximate surface area is 150 Å². The molecule has 1 fully saturated rings. The fourth-order valence-corrected chi connectivity index (χ4v) is 3.27. The highest BCUT2D eigenvalue weighted by Gasteiger charge is 2.36. The Balaban J connectivity index is 1.57. The molecule has 1 aliphatic rings. The second kappa shape index (κ2) is 6.48. The average molecular weight is 347 g/mol. The van der Waals surface area contributed by atoms with Crippen LogP contribution >= 0.6 is 0 Å². The lowest BCUT2D eigenvalue weighted by Gasteiger charge is -2.19. The predicted molar refractivity (Wildman–Crippen MR) is 98.9 cm³/mol. The molecule has 6 nitrogen and oxygen atoms in total. The van der Waals surface area contributed by atoms with Crippen LogP contribution in [0.2, 0.25) is 0 Å². The number of hydrogen-bond acceptors (Lipinski definition) is 4. The normalized spacial score (nSPS) is 16.8. The summed E-state index contributed by atoms with van der Waals surface area (Å²) in [4.78, 5) is 30.6. The van der Waals surface area contributed by atoms with Crippen LogP contribution in [0, 0.1) is 5.92 Å². The van der Waals surface area contributed by atoms with Gasteiger partial charge in [0.25, 0.3) is 0 Å². The summed E-state index contributed by atoms with van der Waals surface area (Å²) in [5, 5.41) is 14.4. The number of nitrogens with one attached hydrogen (secondary N) is 1. The molecule has 130 valence electrons. The Kier molecular flexibility index (Phi) is 4.01. The van der Waals surface area contributed by atoms with Gasteiger partial charge in [0.2, 0.25) is 11.8 Å². The van der Waals surface area contributed by atoms with Gasteiger partial charge in [0.1, 0.15) is 0 Å². The topological polar surface area (TPSA) is 82.5 Å². The van der Waals surface area contributed by atoms with E-state index in [0.717, 1.165) is 16.5 Å². The molecule has 2 aromatic carbocycles. The van der Waals surface area contributed by atoms with Crippen LogP contribution in [0.25, 0.3) is 10.8 Å². The summed E-state index contributed by atoms with van der Waals surface area (Å²) in [6.07, 6.45) is 1.61. The van der Waals surface area contributed by atoms with E-state index in [2.05, 4.69) is 10.3 Å². The van der Waals surface area contributed by atoms with Crippen molar-refractivity contribution in [2.45, 2.75) is 6.42 Å². The monoisotopic (exact) mass is 347 g/mol. The van der Waals surface area contributed by atoms with Crippen LogP contribution in [0.1, 0.15) is 6.42 Å². The first kappa shape index (κ1) is 16.1. The number of benzene rings is 2. The summed E-state index contributed by atoms with van der Waals surface area (Å²) in [5.41, 5.74) is 0.809. The van der Waals surface area contributed by atoms with Crippen molar-refractivity contribution in [1.82, 2.24) is 4.98 Å². The molecule has 2 heterocycles. The van der Waals surface area contributed by atoms with Crippen molar-refractivity contribution in [3.63, 3.8) is 0 Å². The third-order valence-corrected chi connectivity index (χ3v) is 4.58. The molecule has 2 amide bonds. The summed E-state index contributed by atoms with van der Waals surface area (Å²) in [5.74, 6) is -0.908. The zero-order valence-electron chi connectivity index (χ0n) is 13.9. The van der Waals surface area contributed by atoms with Crippen molar-refractivity contribution in [2.24, 2.45) is 5.92 Å². The molecule has 0 spiro atoms. The third kappa shape index (κ3) is 2.86. The van der Waals surface area contributed by atoms with Crippen LogP contribution in [0.5, 0.6) is 5.75 Å². The Hall–Kier alpha value is -3.41. The van der Waals surface area contributed by atoms with Crippen molar-refractivity contribution < 1.29 is 14.7 Å². The highest BCUT2D eigenvalue weighted by Crippen LogP contribution is 2.32. The van der Waals surface area contributed by atoms with Crippen molar-refractivity contribution in [1.29, 1.82) is 0 Å². The van der Waals surface area contributed by atoms with Gasteiger partial charge >= 0.3 is 0 Å². The quantitative estimate of drug-likeness (QED) is 0.763. The van der Waals surface area contributed by atoms with E-state index in [-0.39, 0.29) is 29.8 Å². The maximum atomic E-state index is 12.5. The second-order valence-electron chi connectivity index (χ2n) is 6.26. The molecule has 0 unspecified atom stereocenters. The van der Waals surface area contributed by atoms with Gasteiger partial charge in [-0.3, -0.25) is 9.59 Å². The van der Waals surface area contributed by atoms with E-state index in [1.165, 1.54) is 12.3 Å². The van der Waals surface area contributed by atoms with Gasteiger partial charge in [-0.2, -0.15) is 0 Å². The van der Waals surface area contributed by atoms with E-state index in [4.69, 9.17) is 0 Å². The van der Waals surface area contributed by atoms with E-state index < -0.39 is 5.92 Å². The van der Waals surface area contributed by atoms with Gasteiger partial charge in [0.15, 0.2) is 11.6 Å². The zero-order chi connectivity index (χ0) is 18.1. The van der Waals surface area contributed by atoms with Crippen molar-refractivity contribution >= 4 is 34.1 Å². The number of amides is 2. The van der Waals surface area contributed by atoms with Crippen LogP contribution < -0.4 is 10.2 Å². The first-order chi connectivity index (χ1) is 12.6. The van der Waals surface area contributed by atoms with Gasteiger partial charge in [-0.15, -0.1) is 0 Å². The fourth-order valence-electron chi connectivity index (χ4n) is 3.27. The van der Waals surface area contributed by atoms with E-state index >= 15 is 0 Å². The molecule has 0 bridgehead atoms. The van der Waals surface area contributed by atoms with Crippen LogP contribution in [0.15, 0.2) is 60.8 Å². The van der Waals surface area contributed by atoms with Crippen LogP contribution in [-0.2, 0) is 9.59 Å². The number of hydrogen-bond donors (Lipinski definition) is 2. The number of pyridine rings is 1. The predicted octanol–water partition coefficient (Wildman–Crippen LogP) is 2.93. The number of carbonyl (C=O) groups is 2. The minimum absolute atomic E-state index is 0.0910. The van der Waals surface area contributed by atoms with Gasteiger partial charge in [0.05, 0.1) is 11.6 Å². The van der Waals surface area contributed by atoms with Crippen LogP contribution in [0.3, 0.4) is 0 Å². The number of rotatable bonds is 3. The molecular formula is C20H17N3O3. The van der Waals surface area contributed by atoms with Gasteiger partial charge in [-0.05, 0) is 23.6 Å². The van der Waals surface area contributed by atoms with Crippen LogP contribution in [-0.4, -0.2) is 28.4 Å². The maximum Gasteiger partial charge on any atom is 0.231 e. The Bertz CT molecular complexity index is 997. The van der Waals surface area contributed by atoms with Crippen molar-refractivity contribution in [3.8, 4) is 5.75 Å². The maximum absolute atomic E-state index is 12.5. The molecule has 3 aromatic rings. The number of nitrogens with zero attached hydrogens (tertiary/aromatic N) is 2. The highest BCUT2D eigenvalue weighted by atomic mass is 16.3. The van der Waals surface area contributed by atoms with E-state index in [1.54, 1.807) is 11.0 Å². The Morgan fingerprint density at radius 3 is 2.77 bits per heavy atom. The minimum atomic E-state index is -0.497. The largest absolute Gasteiger partial charge is 0.504 e. The van der Waals surface area contributed by atoms with Gasteiger partial charge in [-0.25, -0.2) is 4.98 Å². The molecule has 4 rings (SSSR count). The minimum Gasteiger partial charge on any atom is -0.504 e. The van der Waals surface area contributed by atoms with E-state index in [9.17, 15) is 14.7 Å². The standard InChI is InChI=1S/C20H17N3O3/c24-17-9-4-10-21-19(17)22-20(26)14-11-18(25)23(12-14)16-8-3-6-13-5-1-2-7-15(13)16/h1-10,14,24H,11-12H2,(H,21,22,26)/t14-/m0/s1. The molecule has 1 saturated heterocycles. The zero-order valence-corrected chi connectivity index (χ0v) is 13.9. The lowest BCUT2D eigenvalue weighted by Crippen LogP contribution is -2.28. The van der Waals surface area contributed by atoms with E-state index in [1.807, 2.05) is 42.5 Å². The first-order valence-electron chi connectivity index (χ1n) is 8.36. The summed E-state index contributed by atoms with van der Waals surface area (Å²) >= 11 is 0. The molecule has 6 heteroatoms. The molecule has 0 radical (unpaired) electrons. The molecule has 0 aliphatic carbocycles. The Morgan fingerprint density at radius 2 is 1.92 bits per heavy atom. The number of carbonyl (C=O) groups excluding carboxylic acids is 2. The Morgan fingerprint density at radius 1 is 1.12 bits per heavy atom. The summed E-state index contributed by atoms with van der Waals surface area (Å²) < 4.78 is 0. The summed E-state index contributed by atoms with van der Waals surface area (Å²) in [7, 11) is 0. The number of aromatic nitrogens is 1. The van der Waals surface area contributed by atoms with Crippen LogP contribution in [0.4, 0.5) is 11.5 Å². The fraction of sp³-hybridized carbons (Fsp3) is 0.150. The summed E-state index contributed by atoms with van der Waals surface area (Å²) in [6, 6.07) is 16.7. The molecule has 1 aliphatic heterocycles. The highest BCUT2D eigenvalue weighted by molar-refractivity contribution is 6.08. The molecular weight excluding hydrogens is 330 g/mol. The van der Waals surface area contributed by atoms with Gasteiger partial charge < -0.3 is 15.3 Å². The smallest absolute Gasteiger partial charge is 0.231 e. The molecule has 26 heavy (non-hydrogen) atoms. The molecule has 2 N–H and O–H groups in total. The summed E-state index contributed by atoms with van der Waals surface area (Å²) in [6.45, 7) is 0.298. The third-order valence-electron chi connectivity index (χ3n) is 4.58. The lowest BCUT2D eigenvalue weighted by molar-refractivity contribution is -0.122. The SMILES string of the molecule is O=C(Nc1ncccc1O)[C@H]1CC(=O)N(c2cccc3ccccc23)C1.